The van der Waals surface area contributed by atoms with Gasteiger partial charge in [0, 0.05) is 22.9 Å². The van der Waals surface area contributed by atoms with Crippen molar-refractivity contribution in [2.75, 3.05) is 7.05 Å². The number of halogens is 1. The second-order valence-electron chi connectivity index (χ2n) is 4.68. The van der Waals surface area contributed by atoms with Gasteiger partial charge < -0.3 is 5.11 Å². The molecule has 0 amide bonds. The smallest absolute Gasteiger partial charge is 0.252 e. The summed E-state index contributed by atoms with van der Waals surface area (Å²) >= 11 is 4.54. The lowest BCUT2D eigenvalue weighted by Gasteiger charge is -2.16. The minimum Gasteiger partial charge on any atom is -0.391 e. The molecule has 0 bridgehead atoms. The van der Waals surface area contributed by atoms with Gasteiger partial charge >= 0.3 is 0 Å². The lowest BCUT2D eigenvalue weighted by molar-refractivity contribution is 0.285. The molecule has 0 aliphatic rings. The third-order valence-electron chi connectivity index (χ3n) is 3.16. The minimum absolute atomic E-state index is 0.139. The summed E-state index contributed by atoms with van der Waals surface area (Å²) in [5.41, 5.74) is 1.70. The predicted octanol–water partition coefficient (Wildman–Crippen LogP) is 3.13. The summed E-state index contributed by atoms with van der Waals surface area (Å²) in [7, 11) is -1.99. The molecule has 0 saturated carbocycles. The Morgan fingerprint density at radius 3 is 2.57 bits per heavy atom. The highest BCUT2D eigenvalue weighted by atomic mass is 79.9. The molecule has 0 spiro atoms. The average molecular weight is 390 g/mol. The Morgan fingerprint density at radius 2 is 2.00 bits per heavy atom. The van der Waals surface area contributed by atoms with Gasteiger partial charge in [0.2, 0.25) is 0 Å². The zero-order chi connectivity index (χ0) is 15.6. The second-order valence-corrected chi connectivity index (χ2v) is 8.95. The summed E-state index contributed by atoms with van der Waals surface area (Å²) in [6, 6.07) is 9.14. The van der Waals surface area contributed by atoms with Crippen LogP contribution in [0.3, 0.4) is 0 Å². The van der Waals surface area contributed by atoms with Crippen molar-refractivity contribution < 1.29 is 13.5 Å². The predicted molar refractivity (Wildman–Crippen MR) is 87.8 cm³/mol. The SMILES string of the molecule is Cc1cc(S(=O)(=O)N(C)Cc2ccccc2Br)sc1CO. The molecule has 7 heteroatoms. The molecular formula is C14H16BrNO3S2. The average Bonchev–Trinajstić information content (AvgIpc) is 2.83. The topological polar surface area (TPSA) is 57.6 Å². The number of rotatable bonds is 5. The van der Waals surface area contributed by atoms with Gasteiger partial charge in [0.05, 0.1) is 6.61 Å². The van der Waals surface area contributed by atoms with E-state index in [0.717, 1.165) is 26.9 Å². The van der Waals surface area contributed by atoms with Gasteiger partial charge in [0.1, 0.15) is 4.21 Å². The monoisotopic (exact) mass is 389 g/mol. The van der Waals surface area contributed by atoms with Crippen molar-refractivity contribution in [3.05, 3.63) is 50.8 Å². The molecule has 2 rings (SSSR count). The van der Waals surface area contributed by atoms with E-state index in [1.165, 1.54) is 4.31 Å². The van der Waals surface area contributed by atoms with Crippen molar-refractivity contribution >= 4 is 37.3 Å². The van der Waals surface area contributed by atoms with Crippen LogP contribution in [0.25, 0.3) is 0 Å². The fraction of sp³-hybridized carbons (Fsp3) is 0.286. The van der Waals surface area contributed by atoms with Gasteiger partial charge in [0.15, 0.2) is 0 Å². The van der Waals surface area contributed by atoms with E-state index in [4.69, 9.17) is 0 Å². The number of nitrogens with zero attached hydrogens (tertiary/aromatic N) is 1. The molecule has 1 aromatic heterocycles. The van der Waals surface area contributed by atoms with Gasteiger partial charge in [-0.3, -0.25) is 0 Å². The molecule has 0 unspecified atom stereocenters. The van der Waals surface area contributed by atoms with E-state index in [0.29, 0.717) is 4.88 Å². The van der Waals surface area contributed by atoms with E-state index in [1.807, 2.05) is 24.3 Å². The minimum atomic E-state index is -3.55. The fourth-order valence-electron chi connectivity index (χ4n) is 1.88. The molecule has 0 saturated heterocycles. The maximum atomic E-state index is 12.6. The van der Waals surface area contributed by atoms with Gasteiger partial charge in [-0.25, -0.2) is 8.42 Å². The van der Waals surface area contributed by atoms with Crippen LogP contribution in [0.5, 0.6) is 0 Å². The molecule has 0 aliphatic heterocycles. The van der Waals surface area contributed by atoms with Crippen molar-refractivity contribution in [3.63, 3.8) is 0 Å². The molecule has 1 N–H and O–H groups in total. The molecule has 21 heavy (non-hydrogen) atoms. The van der Waals surface area contributed by atoms with Gasteiger partial charge in [0.25, 0.3) is 10.0 Å². The first-order valence-corrected chi connectivity index (χ1v) is 9.31. The zero-order valence-corrected chi connectivity index (χ0v) is 14.9. The van der Waals surface area contributed by atoms with Crippen LogP contribution in [-0.4, -0.2) is 24.9 Å². The van der Waals surface area contributed by atoms with Crippen molar-refractivity contribution in [3.8, 4) is 0 Å². The number of hydrogen-bond donors (Lipinski definition) is 1. The highest BCUT2D eigenvalue weighted by Gasteiger charge is 2.24. The maximum Gasteiger partial charge on any atom is 0.252 e. The number of aliphatic hydroxyl groups is 1. The molecule has 0 aliphatic carbocycles. The van der Waals surface area contributed by atoms with Crippen LogP contribution in [0.2, 0.25) is 0 Å². The molecule has 1 heterocycles. The summed E-state index contributed by atoms with van der Waals surface area (Å²) in [5.74, 6) is 0. The zero-order valence-electron chi connectivity index (χ0n) is 11.7. The van der Waals surface area contributed by atoms with E-state index < -0.39 is 10.0 Å². The normalized spacial score (nSPS) is 12.0. The van der Waals surface area contributed by atoms with E-state index in [9.17, 15) is 13.5 Å². The maximum absolute atomic E-state index is 12.6. The largest absolute Gasteiger partial charge is 0.391 e. The Bertz CT molecular complexity index is 740. The Kier molecular flexibility index (Phi) is 5.21. The molecule has 1 aromatic carbocycles. The third kappa shape index (κ3) is 3.54. The molecular weight excluding hydrogens is 374 g/mol. The van der Waals surface area contributed by atoms with E-state index in [-0.39, 0.29) is 17.4 Å². The Morgan fingerprint density at radius 1 is 1.33 bits per heavy atom. The van der Waals surface area contributed by atoms with E-state index >= 15 is 0 Å². The summed E-state index contributed by atoms with van der Waals surface area (Å²) in [6.45, 7) is 1.95. The number of hydrogen-bond acceptors (Lipinski definition) is 4. The van der Waals surface area contributed by atoms with Crippen LogP contribution in [0.1, 0.15) is 16.0 Å². The Balaban J connectivity index is 2.28. The quantitative estimate of drug-likeness (QED) is 0.854. The lowest BCUT2D eigenvalue weighted by Crippen LogP contribution is -2.26. The van der Waals surface area contributed by atoms with Crippen molar-refractivity contribution in [2.45, 2.75) is 24.3 Å². The summed E-state index contributed by atoms with van der Waals surface area (Å²) in [4.78, 5) is 0.683. The van der Waals surface area contributed by atoms with Crippen LogP contribution in [0, 0.1) is 6.92 Å². The number of thiophene rings is 1. The second kappa shape index (κ2) is 6.58. The fourth-order valence-corrected chi connectivity index (χ4v) is 5.10. The number of benzene rings is 1. The van der Waals surface area contributed by atoms with Crippen molar-refractivity contribution in [1.29, 1.82) is 0 Å². The molecule has 0 fully saturated rings. The molecule has 4 nitrogen and oxygen atoms in total. The first-order chi connectivity index (χ1) is 9.86. The van der Waals surface area contributed by atoms with Crippen molar-refractivity contribution in [1.82, 2.24) is 4.31 Å². The summed E-state index contributed by atoms with van der Waals surface area (Å²) < 4.78 is 27.6. The molecule has 0 radical (unpaired) electrons. The first-order valence-electron chi connectivity index (χ1n) is 6.26. The van der Waals surface area contributed by atoms with Gasteiger partial charge in [-0.2, -0.15) is 4.31 Å². The standard InChI is InChI=1S/C14H16BrNO3S2/c1-10-7-14(20-13(10)9-17)21(18,19)16(2)8-11-5-3-4-6-12(11)15/h3-7,17H,8-9H2,1-2H3. The van der Waals surface area contributed by atoms with Crippen LogP contribution < -0.4 is 0 Å². The van der Waals surface area contributed by atoms with Crippen LogP contribution in [0.4, 0.5) is 0 Å². The van der Waals surface area contributed by atoms with Gasteiger partial charge in [-0.15, -0.1) is 11.3 Å². The van der Waals surface area contributed by atoms with E-state index in [1.54, 1.807) is 20.0 Å². The number of aryl methyl sites for hydroxylation is 1. The highest BCUT2D eigenvalue weighted by Crippen LogP contribution is 2.29. The molecule has 114 valence electrons. The van der Waals surface area contributed by atoms with Crippen molar-refractivity contribution in [2.24, 2.45) is 0 Å². The third-order valence-corrected chi connectivity index (χ3v) is 7.41. The van der Waals surface area contributed by atoms with Gasteiger partial charge in [-0.05, 0) is 30.2 Å². The van der Waals surface area contributed by atoms with E-state index in [2.05, 4.69) is 15.9 Å². The van der Waals surface area contributed by atoms with Gasteiger partial charge in [-0.1, -0.05) is 34.1 Å². The molecule has 2 aromatic rings. The van der Waals surface area contributed by atoms with Crippen LogP contribution >= 0.6 is 27.3 Å². The summed E-state index contributed by atoms with van der Waals surface area (Å²) in [6.07, 6.45) is 0. The number of sulfonamides is 1. The Hall–Kier alpha value is -0.730. The number of aliphatic hydroxyl groups excluding tert-OH is 1. The highest BCUT2D eigenvalue weighted by molar-refractivity contribution is 9.10. The lowest BCUT2D eigenvalue weighted by atomic mass is 10.2. The van der Waals surface area contributed by atoms with Crippen LogP contribution in [-0.2, 0) is 23.2 Å². The van der Waals surface area contributed by atoms with Crippen LogP contribution in [0.15, 0.2) is 39.0 Å². The molecule has 0 atom stereocenters. The summed E-state index contributed by atoms with van der Waals surface area (Å²) in [5, 5.41) is 9.20. The Labute approximate surface area is 137 Å². The first kappa shape index (κ1) is 16.6.